The van der Waals surface area contributed by atoms with Crippen LogP contribution in [0.4, 0.5) is 0 Å². The number of fused-ring (bicyclic) bond motifs is 1. The predicted molar refractivity (Wildman–Crippen MR) is 78.2 cm³/mol. The second kappa shape index (κ2) is 6.66. The van der Waals surface area contributed by atoms with Crippen LogP contribution in [0.2, 0.25) is 0 Å². The molecule has 0 heterocycles. The van der Waals surface area contributed by atoms with Gasteiger partial charge < -0.3 is 9.84 Å². The topological polar surface area (TPSA) is 32.7 Å². The number of aliphatic hydroxyl groups excluding tert-OH is 1. The smallest absolute Gasteiger partial charge is 0.0900 e. The van der Waals surface area contributed by atoms with Gasteiger partial charge in [0.15, 0.2) is 0 Å². The van der Waals surface area contributed by atoms with Crippen molar-refractivity contribution >= 4 is 10.8 Å². The van der Waals surface area contributed by atoms with E-state index in [2.05, 4.69) is 47.4 Å². The minimum Gasteiger partial charge on any atom is -0.389 e. The van der Waals surface area contributed by atoms with Gasteiger partial charge in [0.05, 0.1) is 12.7 Å². The maximum absolute atomic E-state index is 9.70. The molecule has 0 aliphatic heterocycles. The van der Waals surface area contributed by atoms with Crippen LogP contribution in [0.1, 0.15) is 5.56 Å². The Morgan fingerprint density at radius 1 is 1.16 bits per heavy atom. The van der Waals surface area contributed by atoms with Crippen molar-refractivity contribution in [2.45, 2.75) is 12.6 Å². The molecular weight excluding hydrogens is 238 g/mol. The highest BCUT2D eigenvalue weighted by Gasteiger charge is 2.08. The molecule has 1 N–H and O–H groups in total. The largest absolute Gasteiger partial charge is 0.389 e. The van der Waals surface area contributed by atoms with Gasteiger partial charge in [-0.15, -0.1) is 0 Å². The fraction of sp³-hybridized carbons (Fsp3) is 0.375. The molecule has 1 atom stereocenters. The second-order valence-corrected chi connectivity index (χ2v) is 4.99. The van der Waals surface area contributed by atoms with E-state index in [0.29, 0.717) is 13.2 Å². The Bertz CT molecular complexity index is 527. The normalized spacial score (nSPS) is 13.1. The molecule has 2 rings (SSSR count). The number of ether oxygens (including phenoxy) is 1. The first-order valence-corrected chi connectivity index (χ1v) is 6.52. The highest BCUT2D eigenvalue weighted by molar-refractivity contribution is 5.82. The molecule has 0 spiro atoms. The minimum absolute atomic E-state index is 0.377. The Morgan fingerprint density at radius 2 is 1.89 bits per heavy atom. The van der Waals surface area contributed by atoms with E-state index in [4.69, 9.17) is 4.74 Å². The third-order valence-electron chi connectivity index (χ3n) is 3.15. The first kappa shape index (κ1) is 14.0. The van der Waals surface area contributed by atoms with Crippen molar-refractivity contribution < 1.29 is 9.84 Å². The lowest BCUT2D eigenvalue weighted by molar-refractivity contribution is 0.0419. The number of aliphatic hydroxyl groups is 1. The van der Waals surface area contributed by atoms with Crippen LogP contribution < -0.4 is 0 Å². The van der Waals surface area contributed by atoms with E-state index < -0.39 is 6.10 Å². The summed E-state index contributed by atoms with van der Waals surface area (Å²) in [7, 11) is 3.61. The van der Waals surface area contributed by atoms with Gasteiger partial charge in [0.25, 0.3) is 0 Å². The summed E-state index contributed by atoms with van der Waals surface area (Å²) in [6.07, 6.45) is -0.435. The molecule has 2 aromatic carbocycles. The predicted octanol–water partition coefficient (Wildman–Crippen LogP) is 2.28. The van der Waals surface area contributed by atoms with Gasteiger partial charge in [0.2, 0.25) is 0 Å². The number of hydrogen-bond donors (Lipinski definition) is 1. The lowest BCUT2D eigenvalue weighted by Gasteiger charge is -2.20. The molecule has 0 bridgehead atoms. The van der Waals surface area contributed by atoms with Gasteiger partial charge in [-0.1, -0.05) is 36.4 Å². The van der Waals surface area contributed by atoms with Crippen LogP contribution in [0, 0.1) is 0 Å². The molecule has 0 saturated carbocycles. The highest BCUT2D eigenvalue weighted by Crippen LogP contribution is 2.16. The van der Waals surface area contributed by atoms with Crippen molar-refractivity contribution in [2.75, 3.05) is 27.3 Å². The molecule has 0 aromatic heterocycles. The van der Waals surface area contributed by atoms with Crippen molar-refractivity contribution in [1.82, 2.24) is 4.90 Å². The quantitative estimate of drug-likeness (QED) is 0.864. The van der Waals surface area contributed by atoms with Gasteiger partial charge in [-0.3, -0.25) is 4.90 Å². The second-order valence-electron chi connectivity index (χ2n) is 4.99. The van der Waals surface area contributed by atoms with Crippen LogP contribution in [0.15, 0.2) is 42.5 Å². The fourth-order valence-electron chi connectivity index (χ4n) is 2.32. The van der Waals surface area contributed by atoms with Crippen LogP contribution in [0.25, 0.3) is 10.8 Å². The van der Waals surface area contributed by atoms with E-state index >= 15 is 0 Å². The van der Waals surface area contributed by atoms with Crippen LogP contribution in [0.3, 0.4) is 0 Å². The van der Waals surface area contributed by atoms with Crippen molar-refractivity contribution in [1.29, 1.82) is 0 Å². The lowest BCUT2D eigenvalue weighted by atomic mass is 10.1. The fourth-order valence-corrected chi connectivity index (χ4v) is 2.32. The number of benzene rings is 2. The number of rotatable bonds is 6. The van der Waals surface area contributed by atoms with Gasteiger partial charge in [-0.2, -0.15) is 0 Å². The molecule has 1 unspecified atom stereocenters. The van der Waals surface area contributed by atoms with Crippen molar-refractivity contribution in [2.24, 2.45) is 0 Å². The van der Waals surface area contributed by atoms with E-state index in [1.54, 1.807) is 7.11 Å². The van der Waals surface area contributed by atoms with E-state index in [-0.39, 0.29) is 0 Å². The maximum Gasteiger partial charge on any atom is 0.0900 e. The number of methoxy groups -OCH3 is 1. The zero-order valence-corrected chi connectivity index (χ0v) is 11.5. The molecule has 0 aliphatic carbocycles. The summed E-state index contributed by atoms with van der Waals surface area (Å²) in [6, 6.07) is 14.8. The Balaban J connectivity index is 2.00. The van der Waals surface area contributed by atoms with Crippen LogP contribution in [-0.2, 0) is 11.3 Å². The number of hydrogen-bond acceptors (Lipinski definition) is 3. The molecule has 0 amide bonds. The average molecular weight is 259 g/mol. The Hall–Kier alpha value is -1.42. The summed E-state index contributed by atoms with van der Waals surface area (Å²) in [5.41, 5.74) is 1.26. The first-order valence-electron chi connectivity index (χ1n) is 6.52. The zero-order chi connectivity index (χ0) is 13.7. The van der Waals surface area contributed by atoms with E-state index in [1.165, 1.54) is 16.3 Å². The standard InChI is InChI=1S/C16H21NO2/c1-17(11-16(18)12-19-2)10-13-7-8-14-5-3-4-6-15(14)9-13/h3-9,16,18H,10-12H2,1-2H3. The summed E-state index contributed by atoms with van der Waals surface area (Å²) in [5, 5.41) is 12.2. The average Bonchev–Trinajstić information content (AvgIpc) is 2.38. The molecule has 2 aromatic rings. The zero-order valence-electron chi connectivity index (χ0n) is 11.5. The molecule has 0 aliphatic rings. The molecule has 0 radical (unpaired) electrons. The van der Waals surface area contributed by atoms with Crippen molar-refractivity contribution in [3.05, 3.63) is 48.0 Å². The third-order valence-corrected chi connectivity index (χ3v) is 3.15. The van der Waals surface area contributed by atoms with Gasteiger partial charge in [0, 0.05) is 20.2 Å². The van der Waals surface area contributed by atoms with Crippen LogP contribution >= 0.6 is 0 Å². The van der Waals surface area contributed by atoms with E-state index in [9.17, 15) is 5.11 Å². The minimum atomic E-state index is -0.435. The SMILES string of the molecule is COCC(O)CN(C)Cc1ccc2ccccc2c1. The summed E-state index contributed by atoms with van der Waals surface area (Å²) in [5.74, 6) is 0. The third kappa shape index (κ3) is 4.03. The first-order chi connectivity index (χ1) is 9.19. The molecule has 0 fully saturated rings. The molecule has 19 heavy (non-hydrogen) atoms. The Morgan fingerprint density at radius 3 is 2.63 bits per heavy atom. The molecule has 0 saturated heterocycles. The van der Waals surface area contributed by atoms with Crippen molar-refractivity contribution in [3.8, 4) is 0 Å². The Kier molecular flexibility index (Phi) is 4.91. The number of likely N-dealkylation sites (N-methyl/N-ethyl adjacent to an activating group) is 1. The summed E-state index contributed by atoms with van der Waals surface area (Å²) in [6.45, 7) is 1.81. The summed E-state index contributed by atoms with van der Waals surface area (Å²) < 4.78 is 4.94. The lowest BCUT2D eigenvalue weighted by Crippen LogP contribution is -2.31. The molecule has 3 nitrogen and oxygen atoms in total. The van der Waals surface area contributed by atoms with Crippen LogP contribution in [-0.4, -0.2) is 43.4 Å². The number of nitrogens with zero attached hydrogens (tertiary/aromatic N) is 1. The summed E-state index contributed by atoms with van der Waals surface area (Å²) in [4.78, 5) is 2.10. The summed E-state index contributed by atoms with van der Waals surface area (Å²) >= 11 is 0. The van der Waals surface area contributed by atoms with Gasteiger partial charge in [-0.05, 0) is 29.4 Å². The van der Waals surface area contributed by atoms with Gasteiger partial charge >= 0.3 is 0 Å². The van der Waals surface area contributed by atoms with Crippen molar-refractivity contribution in [3.63, 3.8) is 0 Å². The maximum atomic E-state index is 9.70. The van der Waals surface area contributed by atoms with Crippen LogP contribution in [0.5, 0.6) is 0 Å². The molecular formula is C16H21NO2. The Labute approximate surface area is 114 Å². The van der Waals surface area contributed by atoms with Gasteiger partial charge in [-0.25, -0.2) is 0 Å². The van der Waals surface area contributed by atoms with Gasteiger partial charge in [0.1, 0.15) is 0 Å². The molecule has 3 heteroatoms. The highest BCUT2D eigenvalue weighted by atomic mass is 16.5. The van der Waals surface area contributed by atoms with E-state index in [1.807, 2.05) is 7.05 Å². The monoisotopic (exact) mass is 259 g/mol. The molecule has 102 valence electrons. The van der Waals surface area contributed by atoms with E-state index in [0.717, 1.165) is 6.54 Å².